The summed E-state index contributed by atoms with van der Waals surface area (Å²) in [5.41, 5.74) is 2.22. The lowest BCUT2D eigenvalue weighted by molar-refractivity contribution is -0.113. The summed E-state index contributed by atoms with van der Waals surface area (Å²) < 4.78 is 2.05. The zero-order chi connectivity index (χ0) is 20.8. The smallest absolute Gasteiger partial charge is 0.234 e. The topological polar surface area (TPSA) is 84.5 Å². The fourth-order valence-corrected chi connectivity index (χ4v) is 3.65. The average molecular weight is 419 g/mol. The SMILES string of the molecule is C=CCn1c(SCC(=O)Nc2ccc(N=Nc3ccccc3)cc2)nnc1C1CC1. The third-order valence-electron chi connectivity index (χ3n) is 4.52. The number of amides is 1. The fourth-order valence-electron chi connectivity index (χ4n) is 2.90. The fraction of sp³-hybridized carbons (Fsp3) is 0.227. The van der Waals surface area contributed by atoms with E-state index in [0.29, 0.717) is 18.2 Å². The van der Waals surface area contributed by atoms with Crippen molar-refractivity contribution in [3.63, 3.8) is 0 Å². The van der Waals surface area contributed by atoms with E-state index in [1.165, 1.54) is 11.8 Å². The number of carbonyl (C=O) groups excluding carboxylic acids is 1. The Labute approximate surface area is 179 Å². The second-order valence-electron chi connectivity index (χ2n) is 6.93. The van der Waals surface area contributed by atoms with Gasteiger partial charge < -0.3 is 9.88 Å². The first-order chi connectivity index (χ1) is 14.7. The van der Waals surface area contributed by atoms with Crippen molar-refractivity contribution in [3.8, 4) is 0 Å². The number of hydrogen-bond acceptors (Lipinski definition) is 6. The summed E-state index contributed by atoms with van der Waals surface area (Å²) in [5.74, 6) is 1.66. The molecular formula is C22H22N6OS. The second-order valence-corrected chi connectivity index (χ2v) is 7.88. The first kappa shape index (κ1) is 20.0. The molecule has 0 radical (unpaired) electrons. The Balaban J connectivity index is 1.31. The highest BCUT2D eigenvalue weighted by Gasteiger charge is 2.30. The maximum absolute atomic E-state index is 12.4. The second kappa shape index (κ2) is 9.49. The molecule has 0 bridgehead atoms. The number of hydrogen-bond donors (Lipinski definition) is 1. The average Bonchev–Trinajstić information content (AvgIpc) is 3.54. The van der Waals surface area contributed by atoms with Gasteiger partial charge in [-0.25, -0.2) is 0 Å². The van der Waals surface area contributed by atoms with Gasteiger partial charge in [-0.2, -0.15) is 10.2 Å². The molecule has 1 heterocycles. The molecule has 8 heteroatoms. The van der Waals surface area contributed by atoms with E-state index < -0.39 is 0 Å². The lowest BCUT2D eigenvalue weighted by Crippen LogP contribution is -2.14. The summed E-state index contributed by atoms with van der Waals surface area (Å²) in [4.78, 5) is 12.4. The molecule has 3 aromatic rings. The lowest BCUT2D eigenvalue weighted by Gasteiger charge is -2.07. The zero-order valence-corrected chi connectivity index (χ0v) is 17.3. The van der Waals surface area contributed by atoms with Crippen molar-refractivity contribution in [1.82, 2.24) is 14.8 Å². The van der Waals surface area contributed by atoms with E-state index in [2.05, 4.69) is 36.9 Å². The highest BCUT2D eigenvalue weighted by Crippen LogP contribution is 2.40. The van der Waals surface area contributed by atoms with Gasteiger partial charge in [0.1, 0.15) is 5.82 Å². The van der Waals surface area contributed by atoms with Crippen molar-refractivity contribution in [3.05, 3.63) is 73.1 Å². The monoisotopic (exact) mass is 418 g/mol. The van der Waals surface area contributed by atoms with Crippen LogP contribution in [0.2, 0.25) is 0 Å². The van der Waals surface area contributed by atoms with E-state index in [4.69, 9.17) is 0 Å². The minimum absolute atomic E-state index is 0.0974. The quantitative estimate of drug-likeness (QED) is 0.283. The minimum Gasteiger partial charge on any atom is -0.325 e. The van der Waals surface area contributed by atoms with E-state index in [-0.39, 0.29) is 11.7 Å². The first-order valence-corrected chi connectivity index (χ1v) is 10.7. The molecule has 1 fully saturated rings. The van der Waals surface area contributed by atoms with Crippen molar-refractivity contribution >= 4 is 34.7 Å². The molecule has 4 rings (SSSR count). The standard InChI is InChI=1S/C22H22N6OS/c1-2-14-28-21(16-8-9-16)26-27-22(28)30-15-20(29)23-17-10-12-19(13-11-17)25-24-18-6-4-3-5-7-18/h2-7,10-13,16H,1,8-9,14-15H2,(H,23,29). The number of azo groups is 1. The van der Waals surface area contributed by atoms with E-state index in [1.54, 1.807) is 0 Å². The number of anilines is 1. The number of benzene rings is 2. The third-order valence-corrected chi connectivity index (χ3v) is 5.49. The van der Waals surface area contributed by atoms with Crippen LogP contribution >= 0.6 is 11.8 Å². The van der Waals surface area contributed by atoms with Gasteiger partial charge in [-0.3, -0.25) is 4.79 Å². The van der Waals surface area contributed by atoms with Crippen LogP contribution in [0.25, 0.3) is 0 Å². The molecule has 2 aromatic carbocycles. The molecule has 7 nitrogen and oxygen atoms in total. The normalized spacial score (nSPS) is 13.5. The first-order valence-electron chi connectivity index (χ1n) is 9.76. The molecule has 0 aliphatic heterocycles. The van der Waals surface area contributed by atoms with Gasteiger partial charge in [-0.05, 0) is 49.2 Å². The number of thioether (sulfide) groups is 1. The van der Waals surface area contributed by atoms with Crippen LogP contribution in [-0.4, -0.2) is 26.4 Å². The number of aromatic nitrogens is 3. The maximum Gasteiger partial charge on any atom is 0.234 e. The minimum atomic E-state index is -0.0974. The number of allylic oxidation sites excluding steroid dienone is 1. The van der Waals surface area contributed by atoms with Crippen LogP contribution in [0.1, 0.15) is 24.6 Å². The molecule has 152 valence electrons. The predicted molar refractivity (Wildman–Crippen MR) is 119 cm³/mol. The van der Waals surface area contributed by atoms with Crippen LogP contribution < -0.4 is 5.32 Å². The summed E-state index contributed by atoms with van der Waals surface area (Å²) in [6.07, 6.45) is 4.14. The van der Waals surface area contributed by atoms with Crippen molar-refractivity contribution < 1.29 is 4.79 Å². The molecule has 1 aromatic heterocycles. The molecule has 0 spiro atoms. The summed E-state index contributed by atoms with van der Waals surface area (Å²) in [6.45, 7) is 4.46. The van der Waals surface area contributed by atoms with Crippen LogP contribution in [0.3, 0.4) is 0 Å². The summed E-state index contributed by atoms with van der Waals surface area (Å²) in [7, 11) is 0. The molecule has 1 aliphatic rings. The zero-order valence-electron chi connectivity index (χ0n) is 16.4. The Bertz CT molecular complexity index is 1040. The van der Waals surface area contributed by atoms with Crippen LogP contribution in [0.4, 0.5) is 17.1 Å². The van der Waals surface area contributed by atoms with Crippen LogP contribution in [0.5, 0.6) is 0 Å². The van der Waals surface area contributed by atoms with Gasteiger partial charge in [0.15, 0.2) is 5.16 Å². The number of nitrogens with one attached hydrogen (secondary N) is 1. The molecule has 0 saturated heterocycles. The molecule has 30 heavy (non-hydrogen) atoms. The maximum atomic E-state index is 12.4. The summed E-state index contributed by atoms with van der Waals surface area (Å²) in [6, 6.07) is 16.8. The Morgan fingerprint density at radius 2 is 1.80 bits per heavy atom. The Hall–Kier alpha value is -3.26. The van der Waals surface area contributed by atoms with E-state index in [1.807, 2.05) is 60.7 Å². The third kappa shape index (κ3) is 5.21. The number of nitrogens with zero attached hydrogens (tertiary/aromatic N) is 5. The molecule has 0 unspecified atom stereocenters. The Morgan fingerprint density at radius 3 is 2.47 bits per heavy atom. The van der Waals surface area contributed by atoms with Crippen LogP contribution in [0.15, 0.2) is 82.6 Å². The largest absolute Gasteiger partial charge is 0.325 e. The van der Waals surface area contributed by atoms with Crippen LogP contribution in [-0.2, 0) is 11.3 Å². The molecular weight excluding hydrogens is 396 g/mol. The summed E-state index contributed by atoms with van der Waals surface area (Å²) in [5, 5.41) is 20.6. The molecule has 1 aliphatic carbocycles. The molecule has 0 atom stereocenters. The van der Waals surface area contributed by atoms with Gasteiger partial charge in [-0.1, -0.05) is 36.0 Å². The van der Waals surface area contributed by atoms with E-state index in [0.717, 1.165) is 35.2 Å². The molecule has 1 saturated carbocycles. The van der Waals surface area contributed by atoms with Gasteiger partial charge in [-0.15, -0.1) is 16.8 Å². The van der Waals surface area contributed by atoms with Gasteiger partial charge in [0.2, 0.25) is 5.91 Å². The van der Waals surface area contributed by atoms with Gasteiger partial charge >= 0.3 is 0 Å². The van der Waals surface area contributed by atoms with E-state index >= 15 is 0 Å². The molecule has 1 amide bonds. The van der Waals surface area contributed by atoms with E-state index in [9.17, 15) is 4.79 Å². The van der Waals surface area contributed by atoms with Crippen molar-refractivity contribution in [2.75, 3.05) is 11.1 Å². The summed E-state index contributed by atoms with van der Waals surface area (Å²) >= 11 is 1.39. The van der Waals surface area contributed by atoms with Gasteiger partial charge in [0, 0.05) is 18.2 Å². The number of rotatable bonds is 9. The highest BCUT2D eigenvalue weighted by atomic mass is 32.2. The predicted octanol–water partition coefficient (Wildman–Crippen LogP) is 5.49. The van der Waals surface area contributed by atoms with Crippen LogP contribution in [0, 0.1) is 0 Å². The molecule has 1 N–H and O–H groups in total. The van der Waals surface area contributed by atoms with Crippen molar-refractivity contribution in [2.24, 2.45) is 10.2 Å². The Kier molecular flexibility index (Phi) is 6.34. The van der Waals surface area contributed by atoms with Gasteiger partial charge in [0.05, 0.1) is 17.1 Å². The highest BCUT2D eigenvalue weighted by molar-refractivity contribution is 7.99. The Morgan fingerprint density at radius 1 is 1.10 bits per heavy atom. The van der Waals surface area contributed by atoms with Crippen molar-refractivity contribution in [2.45, 2.75) is 30.5 Å². The number of carbonyl (C=O) groups is 1. The lowest BCUT2D eigenvalue weighted by atomic mass is 10.3. The van der Waals surface area contributed by atoms with Crippen molar-refractivity contribution in [1.29, 1.82) is 0 Å². The van der Waals surface area contributed by atoms with Gasteiger partial charge in [0.25, 0.3) is 0 Å².